The van der Waals surface area contributed by atoms with Gasteiger partial charge in [-0.1, -0.05) is 12.8 Å². The van der Waals surface area contributed by atoms with Gasteiger partial charge in [-0.05, 0) is 44.6 Å². The highest BCUT2D eigenvalue weighted by Gasteiger charge is 2.32. The van der Waals surface area contributed by atoms with E-state index in [1.54, 1.807) is 0 Å². The van der Waals surface area contributed by atoms with Gasteiger partial charge in [-0.25, -0.2) is 4.79 Å². The third-order valence-electron chi connectivity index (χ3n) is 4.60. The van der Waals surface area contributed by atoms with Crippen LogP contribution in [0, 0.1) is 5.92 Å². The van der Waals surface area contributed by atoms with E-state index in [0.717, 1.165) is 32.4 Å². The smallest absolute Gasteiger partial charge is 0.319 e. The lowest BCUT2D eigenvalue weighted by Gasteiger charge is -2.40. The van der Waals surface area contributed by atoms with Gasteiger partial charge < -0.3 is 15.5 Å². The summed E-state index contributed by atoms with van der Waals surface area (Å²) >= 11 is 0. The molecule has 0 aromatic heterocycles. The summed E-state index contributed by atoms with van der Waals surface area (Å²) in [5.41, 5.74) is 5.86. The molecule has 0 spiro atoms. The van der Waals surface area contributed by atoms with Crippen molar-refractivity contribution >= 4 is 6.03 Å². The summed E-state index contributed by atoms with van der Waals surface area (Å²) < 4.78 is 0. The first-order valence-corrected chi connectivity index (χ1v) is 7.46. The Kier molecular flexibility index (Phi) is 4.87. The molecule has 0 aromatic carbocycles. The number of piperidine rings is 1. The number of amides is 2. The van der Waals surface area contributed by atoms with Crippen molar-refractivity contribution in [2.45, 2.75) is 51.0 Å². The minimum atomic E-state index is 0.222. The van der Waals surface area contributed by atoms with Crippen LogP contribution in [0.3, 0.4) is 0 Å². The first-order chi connectivity index (χ1) is 8.74. The van der Waals surface area contributed by atoms with Crippen molar-refractivity contribution in [3.63, 3.8) is 0 Å². The molecule has 1 saturated carbocycles. The summed E-state index contributed by atoms with van der Waals surface area (Å²) in [6.45, 7) is 2.58. The van der Waals surface area contributed by atoms with E-state index in [9.17, 15) is 4.79 Å². The quantitative estimate of drug-likeness (QED) is 0.818. The summed E-state index contributed by atoms with van der Waals surface area (Å²) in [5, 5.41) is 0. The van der Waals surface area contributed by atoms with Gasteiger partial charge in [-0.2, -0.15) is 0 Å². The van der Waals surface area contributed by atoms with Crippen LogP contribution in [-0.4, -0.2) is 48.6 Å². The Bertz CT molecular complexity index is 276. The molecule has 0 bridgehead atoms. The predicted molar refractivity (Wildman–Crippen MR) is 73.4 cm³/mol. The predicted octanol–water partition coefficient (Wildman–Crippen LogP) is 2.04. The average molecular weight is 253 g/mol. The fourth-order valence-electron chi connectivity index (χ4n) is 3.42. The zero-order chi connectivity index (χ0) is 13.0. The van der Waals surface area contributed by atoms with Crippen molar-refractivity contribution < 1.29 is 4.79 Å². The maximum atomic E-state index is 12.5. The average Bonchev–Trinajstić information content (AvgIpc) is 2.46. The Morgan fingerprint density at radius 1 is 1.17 bits per heavy atom. The maximum absolute atomic E-state index is 12.5. The molecule has 2 fully saturated rings. The summed E-state index contributed by atoms with van der Waals surface area (Å²) in [7, 11) is 1.97. The van der Waals surface area contributed by atoms with Crippen molar-refractivity contribution in [1.29, 1.82) is 0 Å². The summed E-state index contributed by atoms with van der Waals surface area (Å²) in [5.74, 6) is 0.498. The van der Waals surface area contributed by atoms with Crippen LogP contribution in [0.1, 0.15) is 44.9 Å². The van der Waals surface area contributed by atoms with Crippen LogP contribution in [0.15, 0.2) is 0 Å². The van der Waals surface area contributed by atoms with E-state index in [1.807, 2.05) is 16.8 Å². The Labute approximate surface area is 110 Å². The van der Waals surface area contributed by atoms with Gasteiger partial charge in [0.05, 0.1) is 0 Å². The molecule has 2 atom stereocenters. The van der Waals surface area contributed by atoms with E-state index < -0.39 is 0 Å². The van der Waals surface area contributed by atoms with Crippen molar-refractivity contribution in [1.82, 2.24) is 9.80 Å². The molecule has 2 rings (SSSR count). The minimum absolute atomic E-state index is 0.222. The lowest BCUT2D eigenvalue weighted by atomic mass is 9.84. The molecule has 4 nitrogen and oxygen atoms in total. The first kappa shape index (κ1) is 13.7. The molecule has 2 unspecified atom stereocenters. The van der Waals surface area contributed by atoms with E-state index in [2.05, 4.69) is 0 Å². The Morgan fingerprint density at radius 3 is 2.50 bits per heavy atom. The van der Waals surface area contributed by atoms with E-state index in [1.165, 1.54) is 25.7 Å². The molecule has 1 heterocycles. The van der Waals surface area contributed by atoms with E-state index in [4.69, 9.17) is 5.73 Å². The molecule has 2 amide bonds. The minimum Gasteiger partial charge on any atom is -0.330 e. The molecule has 4 heteroatoms. The molecular formula is C14H27N3O. The Morgan fingerprint density at radius 2 is 1.83 bits per heavy atom. The number of hydrogen-bond acceptors (Lipinski definition) is 2. The van der Waals surface area contributed by atoms with Crippen molar-refractivity contribution in [2.75, 3.05) is 26.7 Å². The lowest BCUT2D eigenvalue weighted by Crippen LogP contribution is -2.51. The van der Waals surface area contributed by atoms with Gasteiger partial charge in [0.15, 0.2) is 0 Å². The van der Waals surface area contributed by atoms with Gasteiger partial charge in [-0.15, -0.1) is 0 Å². The zero-order valence-corrected chi connectivity index (χ0v) is 11.6. The summed E-state index contributed by atoms with van der Waals surface area (Å²) in [4.78, 5) is 16.5. The Balaban J connectivity index is 1.95. The monoisotopic (exact) mass is 253 g/mol. The fourth-order valence-corrected chi connectivity index (χ4v) is 3.42. The molecule has 1 aliphatic carbocycles. The highest BCUT2D eigenvalue weighted by molar-refractivity contribution is 5.74. The van der Waals surface area contributed by atoms with E-state index in [0.29, 0.717) is 18.5 Å². The molecule has 2 N–H and O–H groups in total. The van der Waals surface area contributed by atoms with Gasteiger partial charge in [0.2, 0.25) is 0 Å². The second-order valence-electron chi connectivity index (χ2n) is 5.79. The molecule has 1 aliphatic heterocycles. The highest BCUT2D eigenvalue weighted by atomic mass is 16.2. The van der Waals surface area contributed by atoms with Crippen LogP contribution >= 0.6 is 0 Å². The standard InChI is InChI=1S/C14H27N3O/c1-16(13-8-4-3-7-12(13)11-15)14(18)17-9-5-2-6-10-17/h12-13H,2-11,15H2,1H3. The Hall–Kier alpha value is -0.770. The van der Waals surface area contributed by atoms with E-state index in [-0.39, 0.29) is 6.03 Å². The summed E-state index contributed by atoms with van der Waals surface area (Å²) in [6, 6.07) is 0.582. The SMILES string of the molecule is CN(C(=O)N1CCCCC1)C1CCCCC1CN. The largest absolute Gasteiger partial charge is 0.330 e. The van der Waals surface area contributed by atoms with Crippen molar-refractivity contribution in [3.05, 3.63) is 0 Å². The zero-order valence-electron chi connectivity index (χ0n) is 11.6. The highest BCUT2D eigenvalue weighted by Crippen LogP contribution is 2.28. The second-order valence-corrected chi connectivity index (χ2v) is 5.79. The molecule has 104 valence electrons. The van der Waals surface area contributed by atoms with Crippen LogP contribution in [0.2, 0.25) is 0 Å². The topological polar surface area (TPSA) is 49.6 Å². The lowest BCUT2D eigenvalue weighted by molar-refractivity contribution is 0.106. The van der Waals surface area contributed by atoms with Crippen LogP contribution in [-0.2, 0) is 0 Å². The van der Waals surface area contributed by atoms with Crippen LogP contribution in [0.25, 0.3) is 0 Å². The number of nitrogens with two attached hydrogens (primary N) is 1. The fraction of sp³-hybridized carbons (Fsp3) is 0.929. The number of hydrogen-bond donors (Lipinski definition) is 1. The third-order valence-corrected chi connectivity index (χ3v) is 4.60. The molecule has 1 saturated heterocycles. The third kappa shape index (κ3) is 2.97. The molecule has 18 heavy (non-hydrogen) atoms. The molecular weight excluding hydrogens is 226 g/mol. The normalized spacial score (nSPS) is 29.1. The van der Waals surface area contributed by atoms with Gasteiger partial charge in [-0.3, -0.25) is 0 Å². The number of urea groups is 1. The number of likely N-dealkylation sites (tertiary alicyclic amines) is 1. The van der Waals surface area contributed by atoms with Gasteiger partial charge in [0.1, 0.15) is 0 Å². The first-order valence-electron chi connectivity index (χ1n) is 7.46. The number of nitrogens with zero attached hydrogens (tertiary/aromatic N) is 2. The number of carbonyl (C=O) groups excluding carboxylic acids is 1. The van der Waals surface area contributed by atoms with Crippen LogP contribution in [0.5, 0.6) is 0 Å². The van der Waals surface area contributed by atoms with Gasteiger partial charge in [0.25, 0.3) is 0 Å². The number of carbonyl (C=O) groups is 1. The molecule has 0 aromatic rings. The molecule has 0 radical (unpaired) electrons. The van der Waals surface area contributed by atoms with Gasteiger partial charge >= 0.3 is 6.03 Å². The van der Waals surface area contributed by atoms with Crippen LogP contribution in [0.4, 0.5) is 4.79 Å². The maximum Gasteiger partial charge on any atom is 0.319 e. The second kappa shape index (κ2) is 6.41. The summed E-state index contributed by atoms with van der Waals surface area (Å²) in [6.07, 6.45) is 8.39. The van der Waals surface area contributed by atoms with Crippen molar-refractivity contribution in [2.24, 2.45) is 11.7 Å². The van der Waals surface area contributed by atoms with E-state index >= 15 is 0 Å². The van der Waals surface area contributed by atoms with Crippen molar-refractivity contribution in [3.8, 4) is 0 Å². The number of rotatable bonds is 2. The van der Waals surface area contributed by atoms with Crippen LogP contribution < -0.4 is 5.73 Å². The van der Waals surface area contributed by atoms with Gasteiger partial charge in [0, 0.05) is 26.2 Å². The molecule has 2 aliphatic rings.